The number of hydrogen-bond acceptors (Lipinski definition) is 6. The number of esters is 1. The summed E-state index contributed by atoms with van der Waals surface area (Å²) in [5, 5.41) is 9.35. The van der Waals surface area contributed by atoms with Gasteiger partial charge < -0.3 is 23.7 Å². The van der Waals surface area contributed by atoms with Gasteiger partial charge in [-0.05, 0) is 77.9 Å². The highest BCUT2D eigenvalue weighted by Gasteiger charge is 2.40. The molecule has 0 radical (unpaired) electrons. The van der Waals surface area contributed by atoms with Crippen molar-refractivity contribution in [1.82, 2.24) is 0 Å². The molecule has 2 saturated heterocycles. The van der Waals surface area contributed by atoms with E-state index < -0.39 is 20.2 Å². The molecule has 2 fully saturated rings. The molecule has 0 unspecified atom stereocenters. The molecule has 0 bridgehead atoms. The first-order valence-electron chi connectivity index (χ1n) is 13.0. The minimum atomic E-state index is -1.82. The monoisotopic (exact) mass is 500 g/mol. The lowest BCUT2D eigenvalue weighted by atomic mass is 10.0. The highest BCUT2D eigenvalue weighted by molar-refractivity contribution is 6.74. The predicted octanol–water partition coefficient (Wildman–Crippen LogP) is 5.56. The number of carbonyl (C=O) groups excluding carboxylic acids is 1. The maximum absolute atomic E-state index is 12.8. The molecule has 8 heteroatoms. The van der Waals surface area contributed by atoms with E-state index in [0.717, 1.165) is 32.1 Å². The smallest absolute Gasteiger partial charge is 0.311 e. The molecule has 2 heterocycles. The van der Waals surface area contributed by atoms with Gasteiger partial charge in [-0.1, -0.05) is 20.8 Å². The van der Waals surface area contributed by atoms with Crippen LogP contribution >= 0.6 is 0 Å². The maximum atomic E-state index is 12.8. The molecule has 7 nitrogen and oxygen atoms in total. The molecule has 198 valence electrons. The Morgan fingerprint density at radius 3 is 1.82 bits per heavy atom. The van der Waals surface area contributed by atoms with Gasteiger partial charge in [-0.15, -0.1) is 0 Å². The highest BCUT2D eigenvalue weighted by atomic mass is 28.4. The Kier molecular flexibility index (Phi) is 10.2. The van der Waals surface area contributed by atoms with E-state index in [1.165, 1.54) is 0 Å². The molecule has 2 rings (SSSR count). The summed E-state index contributed by atoms with van der Waals surface area (Å²) < 4.78 is 24.3. The normalized spacial score (nSPS) is 29.4. The van der Waals surface area contributed by atoms with Crippen LogP contribution in [0.1, 0.15) is 87.0 Å². The van der Waals surface area contributed by atoms with Crippen molar-refractivity contribution in [2.24, 2.45) is 11.8 Å². The van der Waals surface area contributed by atoms with E-state index in [-0.39, 0.29) is 53.5 Å². The van der Waals surface area contributed by atoms with Crippen molar-refractivity contribution >= 4 is 20.3 Å². The van der Waals surface area contributed by atoms with Crippen LogP contribution in [0, 0.1) is 11.8 Å². The van der Waals surface area contributed by atoms with Crippen LogP contribution in [0.15, 0.2) is 0 Å². The third kappa shape index (κ3) is 8.03. The van der Waals surface area contributed by atoms with Gasteiger partial charge in [0.15, 0.2) is 8.32 Å². The topological polar surface area (TPSA) is 91.3 Å². The molecule has 0 spiro atoms. The summed E-state index contributed by atoms with van der Waals surface area (Å²) in [6.45, 7) is 18.8. The van der Waals surface area contributed by atoms with Gasteiger partial charge in [-0.2, -0.15) is 0 Å². The number of carboxylic acids is 1. The summed E-state index contributed by atoms with van der Waals surface area (Å²) >= 11 is 0. The number of ether oxygens (including phenoxy) is 3. The molecular weight excluding hydrogens is 452 g/mol. The van der Waals surface area contributed by atoms with Crippen molar-refractivity contribution in [3.8, 4) is 0 Å². The molecule has 1 N–H and O–H groups in total. The van der Waals surface area contributed by atoms with Gasteiger partial charge >= 0.3 is 11.9 Å². The number of aliphatic carboxylic acids is 1. The average molecular weight is 501 g/mol. The lowest BCUT2D eigenvalue weighted by Crippen LogP contribution is -2.44. The fourth-order valence-electron chi connectivity index (χ4n) is 4.68. The molecule has 0 saturated carbocycles. The predicted molar refractivity (Wildman–Crippen MR) is 134 cm³/mol. The van der Waals surface area contributed by atoms with Crippen LogP contribution in [0.2, 0.25) is 18.1 Å². The van der Waals surface area contributed by atoms with E-state index in [9.17, 15) is 14.7 Å². The van der Waals surface area contributed by atoms with E-state index >= 15 is 0 Å². The zero-order chi connectivity index (χ0) is 25.8. The summed E-state index contributed by atoms with van der Waals surface area (Å²) in [5.41, 5.74) is 0. The van der Waals surface area contributed by atoms with Gasteiger partial charge in [0, 0.05) is 12.5 Å². The maximum Gasteiger partial charge on any atom is 0.311 e. The number of hydrogen-bond donors (Lipinski definition) is 1. The quantitative estimate of drug-likeness (QED) is 0.293. The minimum Gasteiger partial charge on any atom is -0.481 e. The standard InChI is InChI=1S/C26H48O7Si/c1-16(14-20-10-12-22(31-20)18(3)24(27)28)30-25(29)19(4)23-13-11-21(32-23)15-17(2)33-34(8,9)26(5,6)7/h16-23H,10-15H2,1-9H3,(H,27,28)/t16-,17+,18+,19-,20-,21+,22+,23-/m1/s1. The number of carboxylic acid groups (broad SMARTS) is 1. The molecule has 0 aromatic carbocycles. The van der Waals surface area contributed by atoms with E-state index in [1.54, 1.807) is 6.92 Å². The van der Waals surface area contributed by atoms with Crippen molar-refractivity contribution in [3.63, 3.8) is 0 Å². The average Bonchev–Trinajstić information content (AvgIpc) is 3.34. The Hall–Kier alpha value is -0.963. The second-order valence-electron chi connectivity index (χ2n) is 12.1. The summed E-state index contributed by atoms with van der Waals surface area (Å²) in [5.74, 6) is -1.93. The molecule has 0 aliphatic carbocycles. The Morgan fingerprint density at radius 1 is 0.882 bits per heavy atom. The fourth-order valence-corrected chi connectivity index (χ4v) is 6.14. The SMILES string of the molecule is C[C@H](C[C@H]1CC[C@@H]([C@H](C)C(=O)O)O1)OC(=O)[C@H](C)[C@H]1CC[C@@H](C[C@H](C)O[Si](C)(C)C(C)(C)C)O1. The van der Waals surface area contributed by atoms with Gasteiger partial charge in [0.1, 0.15) is 6.10 Å². The fraction of sp³-hybridized carbons (Fsp3) is 0.923. The summed E-state index contributed by atoms with van der Waals surface area (Å²) in [4.78, 5) is 23.9. The van der Waals surface area contributed by atoms with Crippen LogP contribution in [-0.2, 0) is 28.2 Å². The van der Waals surface area contributed by atoms with Gasteiger partial charge in [0.25, 0.3) is 0 Å². The van der Waals surface area contributed by atoms with E-state index in [2.05, 4.69) is 40.8 Å². The Labute approximate surface area is 207 Å². The zero-order valence-electron chi connectivity index (χ0n) is 22.8. The Morgan fingerprint density at radius 2 is 1.35 bits per heavy atom. The van der Waals surface area contributed by atoms with Gasteiger partial charge in [-0.25, -0.2) is 0 Å². The third-order valence-electron chi connectivity index (χ3n) is 7.97. The molecule has 2 aliphatic heterocycles. The Balaban J connectivity index is 1.75. The van der Waals surface area contributed by atoms with Crippen LogP contribution in [0.25, 0.3) is 0 Å². The molecule has 34 heavy (non-hydrogen) atoms. The first-order chi connectivity index (χ1) is 15.6. The third-order valence-corrected chi connectivity index (χ3v) is 12.6. The van der Waals surface area contributed by atoms with Crippen molar-refractivity contribution in [2.45, 2.75) is 142 Å². The van der Waals surface area contributed by atoms with E-state index in [0.29, 0.717) is 6.42 Å². The first-order valence-corrected chi connectivity index (χ1v) is 15.9. The largest absolute Gasteiger partial charge is 0.481 e. The minimum absolute atomic E-state index is 0.0700. The van der Waals surface area contributed by atoms with Gasteiger partial charge in [0.2, 0.25) is 0 Å². The lowest BCUT2D eigenvalue weighted by Gasteiger charge is -2.39. The lowest BCUT2D eigenvalue weighted by molar-refractivity contribution is -0.159. The van der Waals surface area contributed by atoms with Crippen molar-refractivity contribution in [3.05, 3.63) is 0 Å². The van der Waals surface area contributed by atoms with Gasteiger partial charge in [-0.3, -0.25) is 9.59 Å². The molecule has 2 aliphatic rings. The van der Waals surface area contributed by atoms with E-state index in [1.807, 2.05) is 13.8 Å². The van der Waals surface area contributed by atoms with Crippen LogP contribution in [0.4, 0.5) is 0 Å². The van der Waals surface area contributed by atoms with Crippen LogP contribution < -0.4 is 0 Å². The van der Waals surface area contributed by atoms with Crippen molar-refractivity contribution < 1.29 is 33.3 Å². The molecule has 0 aromatic heterocycles. The van der Waals surface area contributed by atoms with Crippen molar-refractivity contribution in [2.75, 3.05) is 0 Å². The first kappa shape index (κ1) is 29.3. The van der Waals surface area contributed by atoms with Crippen molar-refractivity contribution in [1.29, 1.82) is 0 Å². The molecule has 0 amide bonds. The molecular formula is C26H48O7Si. The zero-order valence-corrected chi connectivity index (χ0v) is 23.8. The van der Waals surface area contributed by atoms with E-state index in [4.69, 9.17) is 18.6 Å². The van der Waals surface area contributed by atoms with Crippen LogP contribution in [0.5, 0.6) is 0 Å². The highest BCUT2D eigenvalue weighted by Crippen LogP contribution is 2.38. The summed E-state index contributed by atoms with van der Waals surface area (Å²) in [7, 11) is -1.82. The van der Waals surface area contributed by atoms with Gasteiger partial charge in [0.05, 0.1) is 36.3 Å². The number of carbonyl (C=O) groups is 2. The molecule has 0 aromatic rings. The van der Waals surface area contributed by atoms with Crippen LogP contribution in [-0.4, -0.2) is 62.0 Å². The number of rotatable bonds is 11. The second-order valence-corrected chi connectivity index (χ2v) is 16.8. The Bertz CT molecular complexity index is 689. The molecule has 8 atom stereocenters. The second kappa shape index (κ2) is 11.8. The summed E-state index contributed by atoms with van der Waals surface area (Å²) in [6.07, 6.45) is 4.21. The summed E-state index contributed by atoms with van der Waals surface area (Å²) in [6, 6.07) is 0. The van der Waals surface area contributed by atoms with Crippen LogP contribution in [0.3, 0.4) is 0 Å².